The predicted octanol–water partition coefficient (Wildman–Crippen LogP) is 5.14. The molecule has 156 valence electrons. The summed E-state index contributed by atoms with van der Waals surface area (Å²) in [6.45, 7) is 3.80. The second-order valence-electron chi connectivity index (χ2n) is 7.34. The summed E-state index contributed by atoms with van der Waals surface area (Å²) in [4.78, 5) is 12.9. The molecule has 1 fully saturated rings. The van der Waals surface area contributed by atoms with Crippen LogP contribution in [-0.4, -0.2) is 38.1 Å². The Morgan fingerprint density at radius 3 is 2.68 bits per heavy atom. The topological polar surface area (TPSA) is 98.0 Å². The van der Waals surface area contributed by atoms with Gasteiger partial charge in [0.2, 0.25) is 0 Å². The molecule has 0 aromatic carbocycles. The van der Waals surface area contributed by atoms with Crippen LogP contribution in [0.15, 0.2) is 33.8 Å². The zero-order valence-corrected chi connectivity index (χ0v) is 18.7. The molecule has 0 bridgehead atoms. The number of halogens is 1. The van der Waals surface area contributed by atoms with E-state index in [0.717, 1.165) is 21.3 Å². The van der Waals surface area contributed by atoms with Crippen molar-refractivity contribution in [2.45, 2.75) is 64.1 Å². The summed E-state index contributed by atoms with van der Waals surface area (Å²) < 4.78 is 0.931. The molecular formula is C21H29BrO5S. The Morgan fingerprint density at radius 2 is 2.14 bits per heavy atom. The summed E-state index contributed by atoms with van der Waals surface area (Å²) in [5.74, 6) is -2.54. The van der Waals surface area contributed by atoms with Crippen molar-refractivity contribution in [1.29, 1.82) is 0 Å². The maximum absolute atomic E-state index is 12.0. The van der Waals surface area contributed by atoms with Crippen molar-refractivity contribution in [1.82, 2.24) is 0 Å². The minimum atomic E-state index is -2.30. The molecular weight excluding hydrogens is 444 g/mol. The van der Waals surface area contributed by atoms with Crippen molar-refractivity contribution in [2.75, 3.05) is 0 Å². The average molecular weight is 473 g/mol. The Bertz CT molecular complexity index is 741. The summed E-state index contributed by atoms with van der Waals surface area (Å²) in [7, 11) is 0. The standard InChI is InChI=1S/C21H29BrO5S/c1-3-5-10-18(23)21(27,20(25)26)16-9-6-8-14(16)19(24)15(7-4-2)17-11-13(22)12-28-17/h3,5,11-12,14,16,18,23-24,27H,4,6-10H2,1-2H3,(H,25,26)/b5-3-,19-15+/t14-,16?,18+,21?/m0/s1. The van der Waals surface area contributed by atoms with Crippen LogP contribution in [0.3, 0.4) is 0 Å². The zero-order valence-electron chi connectivity index (χ0n) is 16.3. The number of allylic oxidation sites excluding steroid dienone is 3. The van der Waals surface area contributed by atoms with Gasteiger partial charge in [-0.15, -0.1) is 11.3 Å². The molecule has 2 rings (SSSR count). The fourth-order valence-electron chi connectivity index (χ4n) is 4.13. The van der Waals surface area contributed by atoms with Gasteiger partial charge in [-0.2, -0.15) is 0 Å². The number of carbonyl (C=O) groups is 1. The highest BCUT2D eigenvalue weighted by molar-refractivity contribution is 9.10. The van der Waals surface area contributed by atoms with Crippen LogP contribution in [0.2, 0.25) is 0 Å². The third-order valence-corrected chi connectivity index (χ3v) is 7.30. The van der Waals surface area contributed by atoms with Crippen LogP contribution in [0, 0.1) is 11.8 Å². The number of carboxylic acid groups (broad SMARTS) is 1. The van der Waals surface area contributed by atoms with Gasteiger partial charge in [0.15, 0.2) is 5.60 Å². The van der Waals surface area contributed by atoms with E-state index in [1.54, 1.807) is 19.1 Å². The van der Waals surface area contributed by atoms with Crippen LogP contribution in [-0.2, 0) is 4.79 Å². The van der Waals surface area contributed by atoms with Crippen molar-refractivity contribution in [3.8, 4) is 0 Å². The third-order valence-electron chi connectivity index (χ3n) is 5.55. The van der Waals surface area contributed by atoms with Gasteiger partial charge in [-0.3, -0.25) is 0 Å². The second kappa shape index (κ2) is 10.1. The Kier molecular flexibility index (Phi) is 8.30. The largest absolute Gasteiger partial charge is 0.512 e. The van der Waals surface area contributed by atoms with Crippen molar-refractivity contribution in [2.24, 2.45) is 11.8 Å². The Balaban J connectivity index is 2.46. The van der Waals surface area contributed by atoms with Gasteiger partial charge in [0, 0.05) is 32.1 Å². The lowest BCUT2D eigenvalue weighted by Gasteiger charge is -2.37. The molecule has 1 aromatic rings. The molecule has 0 aliphatic heterocycles. The summed E-state index contributed by atoms with van der Waals surface area (Å²) in [6.07, 6.45) is 5.18. The maximum atomic E-state index is 12.0. The summed E-state index contributed by atoms with van der Waals surface area (Å²) in [5.41, 5.74) is -1.51. The van der Waals surface area contributed by atoms with Crippen LogP contribution < -0.4 is 0 Å². The molecule has 28 heavy (non-hydrogen) atoms. The molecule has 4 N–H and O–H groups in total. The molecule has 7 heteroatoms. The highest BCUT2D eigenvalue weighted by atomic mass is 79.9. The molecule has 1 heterocycles. The van der Waals surface area contributed by atoms with Crippen LogP contribution in [0.25, 0.3) is 5.57 Å². The summed E-state index contributed by atoms with van der Waals surface area (Å²) >= 11 is 4.95. The van der Waals surface area contributed by atoms with E-state index in [1.165, 1.54) is 11.3 Å². The predicted molar refractivity (Wildman–Crippen MR) is 115 cm³/mol. The fourth-order valence-corrected chi connectivity index (χ4v) is 5.64. The minimum absolute atomic E-state index is 0.0483. The number of aliphatic hydroxyl groups excluding tert-OH is 2. The normalized spacial score (nSPS) is 24.2. The smallest absolute Gasteiger partial charge is 0.338 e. The lowest BCUT2D eigenvalue weighted by atomic mass is 9.74. The maximum Gasteiger partial charge on any atom is 0.338 e. The number of hydrogen-bond donors (Lipinski definition) is 4. The van der Waals surface area contributed by atoms with E-state index in [9.17, 15) is 25.2 Å². The van der Waals surface area contributed by atoms with Gasteiger partial charge in [0.25, 0.3) is 0 Å². The van der Waals surface area contributed by atoms with Gasteiger partial charge in [-0.1, -0.05) is 31.9 Å². The number of rotatable bonds is 9. The SMILES string of the molecule is C/C=C\C[C@@H](O)C(O)(C(=O)O)C1CCC[C@@H]1/C(O)=C(/CCC)c1cc(Br)cs1. The second-order valence-corrected chi connectivity index (χ2v) is 9.16. The van der Waals surface area contributed by atoms with Crippen molar-refractivity contribution >= 4 is 38.8 Å². The van der Waals surface area contributed by atoms with E-state index in [0.29, 0.717) is 25.7 Å². The Labute approximate surface area is 178 Å². The fraction of sp³-hybridized carbons (Fsp3) is 0.571. The number of hydrogen-bond acceptors (Lipinski definition) is 5. The van der Waals surface area contributed by atoms with E-state index >= 15 is 0 Å². The molecule has 1 aliphatic rings. The van der Waals surface area contributed by atoms with E-state index in [1.807, 2.05) is 18.4 Å². The molecule has 0 radical (unpaired) electrons. The lowest BCUT2D eigenvalue weighted by Crippen LogP contribution is -2.56. The van der Waals surface area contributed by atoms with E-state index in [4.69, 9.17) is 0 Å². The summed E-state index contributed by atoms with van der Waals surface area (Å²) in [5, 5.41) is 44.5. The molecule has 1 saturated carbocycles. The molecule has 0 amide bonds. The number of aliphatic carboxylic acids is 1. The van der Waals surface area contributed by atoms with E-state index in [-0.39, 0.29) is 12.2 Å². The average Bonchev–Trinajstić information content (AvgIpc) is 3.32. The molecule has 2 unspecified atom stereocenters. The van der Waals surface area contributed by atoms with Crippen molar-refractivity contribution < 1.29 is 25.2 Å². The Morgan fingerprint density at radius 1 is 1.43 bits per heavy atom. The minimum Gasteiger partial charge on any atom is -0.512 e. The molecule has 5 nitrogen and oxygen atoms in total. The van der Waals surface area contributed by atoms with Crippen LogP contribution >= 0.6 is 27.3 Å². The summed E-state index contributed by atoms with van der Waals surface area (Å²) in [6, 6.07) is 1.94. The highest BCUT2D eigenvalue weighted by Gasteiger charge is 2.55. The molecule has 0 spiro atoms. The molecule has 4 atom stereocenters. The lowest BCUT2D eigenvalue weighted by molar-refractivity contribution is -0.184. The van der Waals surface area contributed by atoms with Crippen LogP contribution in [0.5, 0.6) is 0 Å². The first-order valence-corrected chi connectivity index (χ1v) is 11.4. The van der Waals surface area contributed by atoms with Gasteiger partial charge < -0.3 is 20.4 Å². The van der Waals surface area contributed by atoms with Gasteiger partial charge in [0.1, 0.15) is 5.76 Å². The Hall–Kier alpha value is -1.15. The molecule has 1 aromatic heterocycles. The van der Waals surface area contributed by atoms with E-state index in [2.05, 4.69) is 15.9 Å². The van der Waals surface area contributed by atoms with Gasteiger partial charge in [0.05, 0.1) is 6.10 Å². The highest BCUT2D eigenvalue weighted by Crippen LogP contribution is 2.47. The monoisotopic (exact) mass is 472 g/mol. The first-order valence-electron chi connectivity index (χ1n) is 9.68. The van der Waals surface area contributed by atoms with Gasteiger partial charge in [-0.05, 0) is 54.6 Å². The van der Waals surface area contributed by atoms with Crippen LogP contribution in [0.4, 0.5) is 0 Å². The van der Waals surface area contributed by atoms with Crippen molar-refractivity contribution in [3.63, 3.8) is 0 Å². The zero-order chi connectivity index (χ0) is 20.9. The number of thiophene rings is 1. The first kappa shape index (κ1) is 23.1. The number of carboxylic acids is 1. The molecule has 0 saturated heterocycles. The van der Waals surface area contributed by atoms with Gasteiger partial charge >= 0.3 is 5.97 Å². The quantitative estimate of drug-likeness (QED) is 0.294. The van der Waals surface area contributed by atoms with E-state index < -0.39 is 29.5 Å². The van der Waals surface area contributed by atoms with Gasteiger partial charge in [-0.25, -0.2) is 4.79 Å². The third kappa shape index (κ3) is 4.70. The van der Waals surface area contributed by atoms with Crippen LogP contribution in [0.1, 0.15) is 57.2 Å². The number of aliphatic hydroxyl groups is 3. The van der Waals surface area contributed by atoms with Crippen molar-refractivity contribution in [3.05, 3.63) is 38.7 Å². The first-order chi connectivity index (χ1) is 13.3. The molecule has 1 aliphatic carbocycles.